The normalized spacial score (nSPS) is 21.7. The molecule has 0 bridgehead atoms. The van der Waals surface area contributed by atoms with Crippen LogP contribution in [0.5, 0.6) is 0 Å². The first-order valence-corrected chi connectivity index (χ1v) is 5.00. The van der Waals surface area contributed by atoms with Gasteiger partial charge in [-0.25, -0.2) is 0 Å². The largest absolute Gasteiger partial charge is 0.148 e. The van der Waals surface area contributed by atoms with Crippen LogP contribution >= 0.6 is 23.6 Å². The van der Waals surface area contributed by atoms with Crippen molar-refractivity contribution in [2.75, 3.05) is 0 Å². The van der Waals surface area contributed by atoms with E-state index in [9.17, 15) is 0 Å². The number of thiocarbonyl (C=S) groups is 1. The summed E-state index contributed by atoms with van der Waals surface area (Å²) in [4.78, 5) is 2.19. The Balaban J connectivity index is 2.31. The molecule has 0 fully saturated rings. The fraction of sp³-hybridized carbons (Fsp3) is 0.100. The van der Waals surface area contributed by atoms with E-state index in [1.807, 2.05) is 12.2 Å². The molecule has 0 aromatic carbocycles. The standard InChI is InChI=1S/C10H7S2/c11-9-5-2-1-4-8(9)10-6-3-7-12-10/h1-4,6-8H. The summed E-state index contributed by atoms with van der Waals surface area (Å²) in [6.07, 6.45) is 9.03. The highest BCUT2D eigenvalue weighted by atomic mass is 32.1. The van der Waals surface area contributed by atoms with E-state index >= 15 is 0 Å². The van der Waals surface area contributed by atoms with Crippen LogP contribution in [0, 0.1) is 6.08 Å². The Morgan fingerprint density at radius 2 is 2.42 bits per heavy atom. The van der Waals surface area contributed by atoms with Crippen LogP contribution in [0.3, 0.4) is 0 Å². The summed E-state index contributed by atoms with van der Waals surface area (Å²) < 4.78 is 0. The Kier molecular flexibility index (Phi) is 2.19. The van der Waals surface area contributed by atoms with E-state index in [0.717, 1.165) is 4.86 Å². The molecule has 0 amide bonds. The van der Waals surface area contributed by atoms with E-state index in [0.29, 0.717) is 0 Å². The van der Waals surface area contributed by atoms with Crippen LogP contribution in [-0.4, -0.2) is 4.86 Å². The quantitative estimate of drug-likeness (QED) is 0.615. The van der Waals surface area contributed by atoms with Gasteiger partial charge in [-0.3, -0.25) is 0 Å². The van der Waals surface area contributed by atoms with Crippen LogP contribution in [0.15, 0.2) is 35.7 Å². The van der Waals surface area contributed by atoms with Crippen molar-refractivity contribution in [2.24, 2.45) is 0 Å². The minimum absolute atomic E-state index is 0.282. The van der Waals surface area contributed by atoms with Gasteiger partial charge in [0.1, 0.15) is 0 Å². The van der Waals surface area contributed by atoms with E-state index in [4.69, 9.17) is 12.2 Å². The lowest BCUT2D eigenvalue weighted by atomic mass is 9.99. The number of hydrogen-bond donors (Lipinski definition) is 0. The molecule has 0 nitrogen and oxygen atoms in total. The highest BCUT2D eigenvalue weighted by Gasteiger charge is 2.14. The lowest BCUT2D eigenvalue weighted by Gasteiger charge is -2.10. The second kappa shape index (κ2) is 3.33. The second-order valence-electron chi connectivity index (χ2n) is 2.55. The van der Waals surface area contributed by atoms with Gasteiger partial charge in [0.05, 0.1) is 0 Å². The molecule has 0 saturated carbocycles. The molecule has 59 valence electrons. The highest BCUT2D eigenvalue weighted by molar-refractivity contribution is 7.80. The Morgan fingerprint density at radius 1 is 1.50 bits per heavy atom. The molecular formula is C10H7S2. The molecule has 1 heterocycles. The van der Waals surface area contributed by atoms with Crippen molar-refractivity contribution < 1.29 is 0 Å². The van der Waals surface area contributed by atoms with Crippen molar-refractivity contribution in [1.29, 1.82) is 0 Å². The molecule has 0 saturated heterocycles. The molecule has 12 heavy (non-hydrogen) atoms. The maximum atomic E-state index is 5.19. The third kappa shape index (κ3) is 1.40. The monoisotopic (exact) mass is 191 g/mol. The number of thiophene rings is 1. The second-order valence-corrected chi connectivity index (χ2v) is 3.97. The van der Waals surface area contributed by atoms with Gasteiger partial charge in [0.15, 0.2) is 0 Å². The number of hydrogen-bond acceptors (Lipinski definition) is 2. The van der Waals surface area contributed by atoms with Gasteiger partial charge in [0.2, 0.25) is 0 Å². The molecule has 0 spiro atoms. The van der Waals surface area contributed by atoms with Gasteiger partial charge in [-0.2, -0.15) is 0 Å². The molecule has 1 atom stereocenters. The van der Waals surface area contributed by atoms with Gasteiger partial charge in [-0.05, 0) is 17.5 Å². The van der Waals surface area contributed by atoms with Gasteiger partial charge >= 0.3 is 0 Å². The van der Waals surface area contributed by atoms with Crippen molar-refractivity contribution in [3.8, 4) is 0 Å². The fourth-order valence-electron chi connectivity index (χ4n) is 1.17. The van der Waals surface area contributed by atoms with Gasteiger partial charge in [0, 0.05) is 15.7 Å². The first-order chi connectivity index (χ1) is 5.88. The first-order valence-electron chi connectivity index (χ1n) is 3.72. The summed E-state index contributed by atoms with van der Waals surface area (Å²) in [5.41, 5.74) is 0. The SMILES string of the molecule is S=C1[C]=CC=CC1c1cccs1. The topological polar surface area (TPSA) is 0 Å². The third-order valence-electron chi connectivity index (χ3n) is 1.76. The molecule has 2 heteroatoms. The average Bonchev–Trinajstić information content (AvgIpc) is 2.57. The van der Waals surface area contributed by atoms with Gasteiger partial charge < -0.3 is 0 Å². The van der Waals surface area contributed by atoms with E-state index in [1.165, 1.54) is 4.88 Å². The minimum atomic E-state index is 0.282. The van der Waals surface area contributed by atoms with E-state index < -0.39 is 0 Å². The van der Waals surface area contributed by atoms with Crippen LogP contribution < -0.4 is 0 Å². The maximum Gasteiger partial charge on any atom is 0.0475 e. The zero-order chi connectivity index (χ0) is 8.39. The molecule has 1 aromatic heterocycles. The highest BCUT2D eigenvalue weighted by Crippen LogP contribution is 2.26. The Bertz CT molecular complexity index is 331. The number of rotatable bonds is 1. The van der Waals surface area contributed by atoms with E-state index in [2.05, 4.69) is 29.7 Å². The van der Waals surface area contributed by atoms with Crippen LogP contribution in [0.25, 0.3) is 0 Å². The third-order valence-corrected chi connectivity index (χ3v) is 3.08. The molecule has 0 aliphatic heterocycles. The van der Waals surface area contributed by atoms with Crippen LogP contribution in [0.2, 0.25) is 0 Å². The summed E-state index contributed by atoms with van der Waals surface area (Å²) in [6.45, 7) is 0. The zero-order valence-corrected chi connectivity index (χ0v) is 7.99. The Hall–Kier alpha value is -0.730. The Morgan fingerprint density at radius 3 is 3.08 bits per heavy atom. The van der Waals surface area contributed by atoms with Crippen molar-refractivity contribution in [3.63, 3.8) is 0 Å². The lowest BCUT2D eigenvalue weighted by molar-refractivity contribution is 1.20. The summed E-state index contributed by atoms with van der Waals surface area (Å²) >= 11 is 6.93. The molecule has 0 N–H and O–H groups in total. The molecule has 2 rings (SSSR count). The minimum Gasteiger partial charge on any atom is -0.148 e. The molecule has 1 aromatic rings. The van der Waals surface area contributed by atoms with Crippen molar-refractivity contribution in [2.45, 2.75) is 5.92 Å². The smallest absolute Gasteiger partial charge is 0.0475 e. The molecule has 1 radical (unpaired) electrons. The molecule has 1 aliphatic carbocycles. The van der Waals surface area contributed by atoms with Crippen molar-refractivity contribution in [3.05, 3.63) is 46.7 Å². The molecule has 1 aliphatic rings. The average molecular weight is 191 g/mol. The number of allylic oxidation sites excluding steroid dienone is 4. The van der Waals surface area contributed by atoms with Gasteiger partial charge in [0.25, 0.3) is 0 Å². The first kappa shape index (κ1) is 7.90. The van der Waals surface area contributed by atoms with Crippen molar-refractivity contribution >= 4 is 28.4 Å². The molecular weight excluding hydrogens is 184 g/mol. The van der Waals surface area contributed by atoms with Crippen LogP contribution in [0.4, 0.5) is 0 Å². The predicted molar refractivity (Wildman–Crippen MR) is 56.6 cm³/mol. The summed E-state index contributed by atoms with van der Waals surface area (Å²) in [7, 11) is 0. The lowest BCUT2D eigenvalue weighted by Crippen LogP contribution is -2.05. The summed E-state index contributed by atoms with van der Waals surface area (Å²) in [6, 6.07) is 4.16. The van der Waals surface area contributed by atoms with Crippen LogP contribution in [0.1, 0.15) is 10.8 Å². The van der Waals surface area contributed by atoms with E-state index in [-0.39, 0.29) is 5.92 Å². The fourth-order valence-corrected chi connectivity index (χ4v) is 2.33. The van der Waals surface area contributed by atoms with Gasteiger partial charge in [-0.1, -0.05) is 36.5 Å². The van der Waals surface area contributed by atoms with Crippen molar-refractivity contribution in [1.82, 2.24) is 0 Å². The maximum absolute atomic E-state index is 5.19. The zero-order valence-electron chi connectivity index (χ0n) is 6.36. The summed E-state index contributed by atoms with van der Waals surface area (Å²) in [5, 5.41) is 2.07. The summed E-state index contributed by atoms with van der Waals surface area (Å²) in [5.74, 6) is 0.282. The van der Waals surface area contributed by atoms with Gasteiger partial charge in [-0.15, -0.1) is 11.3 Å². The molecule has 1 unspecified atom stereocenters. The Labute approximate surface area is 81.2 Å². The van der Waals surface area contributed by atoms with E-state index in [1.54, 1.807) is 11.3 Å². The van der Waals surface area contributed by atoms with Crippen LogP contribution in [-0.2, 0) is 0 Å². The predicted octanol–water partition coefficient (Wildman–Crippen LogP) is 3.13.